The van der Waals surface area contributed by atoms with Gasteiger partial charge >= 0.3 is 5.97 Å². The molecule has 1 aliphatic rings. The van der Waals surface area contributed by atoms with Crippen molar-refractivity contribution in [2.24, 2.45) is 0 Å². The van der Waals surface area contributed by atoms with Gasteiger partial charge in [0.1, 0.15) is 0 Å². The average Bonchev–Trinajstić information content (AvgIpc) is 2.46. The lowest BCUT2D eigenvalue weighted by atomic mass is 10.1. The number of nitrogens with one attached hydrogen (secondary N) is 1. The summed E-state index contributed by atoms with van der Waals surface area (Å²) in [5, 5.41) is 3.19. The maximum atomic E-state index is 11.5. The number of anilines is 2. The van der Waals surface area contributed by atoms with Crippen LogP contribution in [-0.4, -0.2) is 45.5 Å². The van der Waals surface area contributed by atoms with Gasteiger partial charge in [0.25, 0.3) is 0 Å². The Morgan fingerprint density at radius 3 is 3.05 bits per heavy atom. The van der Waals surface area contributed by atoms with E-state index in [2.05, 4.69) is 10.1 Å². The molecule has 1 aromatic rings. The fourth-order valence-corrected chi connectivity index (χ4v) is 1.84. The van der Waals surface area contributed by atoms with E-state index in [-0.39, 0.29) is 6.10 Å². The second kappa shape index (κ2) is 6.40. The van der Waals surface area contributed by atoms with Crippen LogP contribution in [0.15, 0.2) is 18.2 Å². The smallest absolute Gasteiger partial charge is 0.340 e. The summed E-state index contributed by atoms with van der Waals surface area (Å²) in [6.07, 6.45) is 0.0212. The highest BCUT2D eigenvalue weighted by Crippen LogP contribution is 2.19. The van der Waals surface area contributed by atoms with Gasteiger partial charge in [-0.1, -0.05) is 0 Å². The highest BCUT2D eigenvalue weighted by atomic mass is 16.6. The molecule has 1 atom stereocenters. The summed E-state index contributed by atoms with van der Waals surface area (Å²) < 4.78 is 15.5. The number of rotatable bonds is 4. The number of nitrogen functional groups attached to an aromatic ring is 1. The molecule has 1 aromatic carbocycles. The van der Waals surface area contributed by atoms with E-state index in [0.717, 1.165) is 5.69 Å². The zero-order valence-electron chi connectivity index (χ0n) is 10.8. The van der Waals surface area contributed by atoms with Crippen LogP contribution >= 0.6 is 0 Å². The topological polar surface area (TPSA) is 82.8 Å². The molecule has 1 saturated heterocycles. The molecular weight excluding hydrogens is 248 g/mol. The number of nitrogens with two attached hydrogens (primary N) is 1. The lowest BCUT2D eigenvalue weighted by Gasteiger charge is -2.23. The second-order valence-electron chi connectivity index (χ2n) is 4.24. The quantitative estimate of drug-likeness (QED) is 0.622. The molecule has 0 radical (unpaired) electrons. The summed E-state index contributed by atoms with van der Waals surface area (Å²) >= 11 is 0. The van der Waals surface area contributed by atoms with E-state index in [1.165, 1.54) is 7.11 Å². The van der Waals surface area contributed by atoms with Crippen LogP contribution in [0.4, 0.5) is 11.4 Å². The molecule has 2 rings (SSSR count). The minimum atomic E-state index is -0.446. The molecule has 1 fully saturated rings. The van der Waals surface area contributed by atoms with Crippen LogP contribution < -0.4 is 11.1 Å². The molecule has 3 N–H and O–H groups in total. The predicted octanol–water partition coefficient (Wildman–Crippen LogP) is 0.883. The van der Waals surface area contributed by atoms with E-state index in [4.69, 9.17) is 15.2 Å². The first-order valence-corrected chi connectivity index (χ1v) is 6.11. The lowest BCUT2D eigenvalue weighted by molar-refractivity contribution is -0.0818. The van der Waals surface area contributed by atoms with Gasteiger partial charge in [0.05, 0.1) is 38.6 Å². The first kappa shape index (κ1) is 13.6. The molecule has 0 aliphatic carbocycles. The molecule has 1 heterocycles. The largest absolute Gasteiger partial charge is 0.465 e. The van der Waals surface area contributed by atoms with Crippen molar-refractivity contribution in [1.82, 2.24) is 0 Å². The van der Waals surface area contributed by atoms with Crippen molar-refractivity contribution < 1.29 is 19.0 Å². The van der Waals surface area contributed by atoms with Crippen LogP contribution in [0, 0.1) is 0 Å². The highest BCUT2D eigenvalue weighted by molar-refractivity contribution is 5.96. The zero-order chi connectivity index (χ0) is 13.7. The Bertz CT molecular complexity index is 444. The number of ether oxygens (including phenoxy) is 3. The number of hydrogen-bond donors (Lipinski definition) is 2. The van der Waals surface area contributed by atoms with Gasteiger partial charge in [-0.2, -0.15) is 0 Å². The molecule has 0 amide bonds. The van der Waals surface area contributed by atoms with Crippen LogP contribution in [0.25, 0.3) is 0 Å². The second-order valence-corrected chi connectivity index (χ2v) is 4.24. The van der Waals surface area contributed by atoms with Crippen molar-refractivity contribution in [2.75, 3.05) is 44.5 Å². The highest BCUT2D eigenvalue weighted by Gasteiger charge is 2.15. The van der Waals surface area contributed by atoms with Gasteiger partial charge in [0.2, 0.25) is 0 Å². The van der Waals surface area contributed by atoms with Crippen molar-refractivity contribution in [3.05, 3.63) is 23.8 Å². The van der Waals surface area contributed by atoms with Gasteiger partial charge in [-0.15, -0.1) is 0 Å². The van der Waals surface area contributed by atoms with Crippen LogP contribution in [0.2, 0.25) is 0 Å². The standard InChI is InChI=1S/C13H18N2O4/c1-17-13(16)11-6-9(2-3-12(11)14)15-7-10-8-18-4-5-19-10/h2-3,6,10,15H,4-5,7-8,14H2,1H3. The number of carbonyl (C=O) groups is 1. The molecule has 19 heavy (non-hydrogen) atoms. The molecule has 0 aromatic heterocycles. The molecule has 0 bridgehead atoms. The molecule has 0 spiro atoms. The monoisotopic (exact) mass is 266 g/mol. The first-order chi connectivity index (χ1) is 9.20. The Hall–Kier alpha value is -1.79. The minimum Gasteiger partial charge on any atom is -0.465 e. The summed E-state index contributed by atoms with van der Waals surface area (Å²) in [6, 6.07) is 5.16. The lowest BCUT2D eigenvalue weighted by Crippen LogP contribution is -2.34. The maximum absolute atomic E-state index is 11.5. The van der Waals surface area contributed by atoms with E-state index in [1.807, 2.05) is 6.07 Å². The van der Waals surface area contributed by atoms with Gasteiger partial charge in [-0.05, 0) is 18.2 Å². The van der Waals surface area contributed by atoms with E-state index in [0.29, 0.717) is 37.6 Å². The Balaban J connectivity index is 1.98. The number of esters is 1. The van der Waals surface area contributed by atoms with Crippen LogP contribution in [-0.2, 0) is 14.2 Å². The van der Waals surface area contributed by atoms with E-state index in [1.54, 1.807) is 12.1 Å². The third-order valence-electron chi connectivity index (χ3n) is 2.88. The number of carbonyl (C=O) groups excluding carboxylic acids is 1. The van der Waals surface area contributed by atoms with E-state index in [9.17, 15) is 4.79 Å². The van der Waals surface area contributed by atoms with Crippen LogP contribution in [0.1, 0.15) is 10.4 Å². The summed E-state index contributed by atoms with van der Waals surface area (Å²) in [4.78, 5) is 11.5. The van der Waals surface area contributed by atoms with Gasteiger partial charge in [0.15, 0.2) is 0 Å². The summed E-state index contributed by atoms with van der Waals surface area (Å²) in [7, 11) is 1.33. The van der Waals surface area contributed by atoms with Gasteiger partial charge in [0, 0.05) is 17.9 Å². The van der Waals surface area contributed by atoms with Crippen molar-refractivity contribution in [2.45, 2.75) is 6.10 Å². The predicted molar refractivity (Wildman–Crippen MR) is 71.2 cm³/mol. The van der Waals surface area contributed by atoms with Crippen molar-refractivity contribution in [1.29, 1.82) is 0 Å². The van der Waals surface area contributed by atoms with Crippen molar-refractivity contribution in [3.63, 3.8) is 0 Å². The molecular formula is C13H18N2O4. The summed E-state index contributed by atoms with van der Waals surface area (Å²) in [6.45, 7) is 2.45. The fourth-order valence-electron chi connectivity index (χ4n) is 1.84. The third-order valence-corrected chi connectivity index (χ3v) is 2.88. The third kappa shape index (κ3) is 3.59. The number of benzene rings is 1. The van der Waals surface area contributed by atoms with Gasteiger partial charge in [-0.25, -0.2) is 4.79 Å². The summed E-state index contributed by atoms with van der Waals surface area (Å²) in [5.74, 6) is -0.446. The first-order valence-electron chi connectivity index (χ1n) is 6.11. The maximum Gasteiger partial charge on any atom is 0.340 e. The fraction of sp³-hybridized carbons (Fsp3) is 0.462. The van der Waals surface area contributed by atoms with Gasteiger partial charge in [-0.3, -0.25) is 0 Å². The SMILES string of the molecule is COC(=O)c1cc(NCC2COCCO2)ccc1N. The molecule has 6 heteroatoms. The van der Waals surface area contributed by atoms with Crippen LogP contribution in [0.5, 0.6) is 0 Å². The van der Waals surface area contributed by atoms with Gasteiger partial charge < -0.3 is 25.3 Å². The Morgan fingerprint density at radius 1 is 1.53 bits per heavy atom. The van der Waals surface area contributed by atoms with Crippen molar-refractivity contribution >= 4 is 17.3 Å². The zero-order valence-corrected chi connectivity index (χ0v) is 10.8. The van der Waals surface area contributed by atoms with Crippen molar-refractivity contribution in [3.8, 4) is 0 Å². The molecule has 1 aliphatic heterocycles. The van der Waals surface area contributed by atoms with Crippen LogP contribution in [0.3, 0.4) is 0 Å². The normalized spacial score (nSPS) is 18.9. The average molecular weight is 266 g/mol. The van der Waals surface area contributed by atoms with E-state index >= 15 is 0 Å². The molecule has 104 valence electrons. The number of methoxy groups -OCH3 is 1. The minimum absolute atomic E-state index is 0.0212. The Kier molecular flexibility index (Phi) is 4.59. The Labute approximate surface area is 111 Å². The number of hydrogen-bond acceptors (Lipinski definition) is 6. The Morgan fingerprint density at radius 2 is 2.37 bits per heavy atom. The summed E-state index contributed by atoms with van der Waals surface area (Å²) in [5.41, 5.74) is 7.28. The molecule has 1 unspecified atom stereocenters. The molecule has 0 saturated carbocycles. The van der Waals surface area contributed by atoms with E-state index < -0.39 is 5.97 Å². The molecule has 6 nitrogen and oxygen atoms in total.